The third kappa shape index (κ3) is 5.36. The van der Waals surface area contributed by atoms with Crippen molar-refractivity contribution in [2.45, 2.75) is 19.8 Å². The number of allylic oxidation sites excluding steroid dienone is 1. The molecular weight excluding hydrogens is 174 g/mol. The molecule has 0 spiro atoms. The maximum atomic E-state index is 11.5. The predicted octanol–water partition coefficient (Wildman–Crippen LogP) is 2.54. The summed E-state index contributed by atoms with van der Waals surface area (Å²) in [5.74, 6) is 0.0262. The fourth-order valence-electron chi connectivity index (χ4n) is 1.02. The summed E-state index contributed by atoms with van der Waals surface area (Å²) >= 11 is 0. The van der Waals surface area contributed by atoms with Crippen LogP contribution in [0.3, 0.4) is 0 Å². The van der Waals surface area contributed by atoms with Gasteiger partial charge in [-0.15, -0.1) is 13.2 Å². The summed E-state index contributed by atoms with van der Waals surface area (Å²) in [7, 11) is 0. The van der Waals surface area contributed by atoms with E-state index in [4.69, 9.17) is 0 Å². The van der Waals surface area contributed by atoms with E-state index in [-0.39, 0.29) is 5.91 Å². The number of hydrogen-bond donors (Lipinski definition) is 0. The van der Waals surface area contributed by atoms with Gasteiger partial charge in [0.1, 0.15) is 0 Å². The maximum Gasteiger partial charge on any atom is 0.246 e. The van der Waals surface area contributed by atoms with Gasteiger partial charge in [-0.3, -0.25) is 4.79 Å². The van der Waals surface area contributed by atoms with Gasteiger partial charge < -0.3 is 4.90 Å². The SMILES string of the molecule is C=CCN(CC=C)C(=O)C=CCCC. The van der Waals surface area contributed by atoms with Crippen LogP contribution in [0.1, 0.15) is 19.8 Å². The Morgan fingerprint density at radius 1 is 1.29 bits per heavy atom. The number of nitrogens with zero attached hydrogens (tertiary/aromatic N) is 1. The highest BCUT2D eigenvalue weighted by Crippen LogP contribution is 1.95. The quantitative estimate of drug-likeness (QED) is 0.449. The van der Waals surface area contributed by atoms with Gasteiger partial charge >= 0.3 is 0 Å². The molecule has 0 saturated heterocycles. The molecule has 0 aromatic heterocycles. The van der Waals surface area contributed by atoms with E-state index in [0.29, 0.717) is 13.1 Å². The molecule has 0 heterocycles. The smallest absolute Gasteiger partial charge is 0.246 e. The molecular formula is C12H19NO. The molecule has 0 aromatic carbocycles. The molecule has 0 aliphatic heterocycles. The van der Waals surface area contributed by atoms with E-state index >= 15 is 0 Å². The molecule has 0 aliphatic rings. The molecule has 2 heteroatoms. The molecule has 0 atom stereocenters. The van der Waals surface area contributed by atoms with Crippen molar-refractivity contribution in [3.63, 3.8) is 0 Å². The summed E-state index contributed by atoms with van der Waals surface area (Å²) in [4.78, 5) is 13.2. The molecule has 0 saturated carbocycles. The summed E-state index contributed by atoms with van der Waals surface area (Å²) in [5.41, 5.74) is 0. The summed E-state index contributed by atoms with van der Waals surface area (Å²) in [6, 6.07) is 0. The van der Waals surface area contributed by atoms with Crippen molar-refractivity contribution in [3.05, 3.63) is 37.5 Å². The average molecular weight is 193 g/mol. The standard InChI is InChI=1S/C12H19NO/c1-4-7-8-9-12(14)13(10-5-2)11-6-3/h5-6,8-9H,2-4,7,10-11H2,1H3. The second-order valence-corrected chi connectivity index (χ2v) is 3.01. The van der Waals surface area contributed by atoms with Crippen molar-refractivity contribution in [2.24, 2.45) is 0 Å². The fraction of sp³-hybridized carbons (Fsp3) is 0.417. The Morgan fingerprint density at radius 3 is 2.29 bits per heavy atom. The zero-order chi connectivity index (χ0) is 10.8. The Morgan fingerprint density at radius 2 is 1.86 bits per heavy atom. The Balaban J connectivity index is 4.12. The number of rotatable bonds is 7. The first-order valence-corrected chi connectivity index (χ1v) is 4.93. The average Bonchev–Trinajstić information content (AvgIpc) is 2.18. The Kier molecular flexibility index (Phi) is 7.52. The van der Waals surface area contributed by atoms with Gasteiger partial charge in [-0.05, 0) is 12.5 Å². The fourth-order valence-corrected chi connectivity index (χ4v) is 1.02. The molecule has 2 nitrogen and oxygen atoms in total. The molecule has 0 rings (SSSR count). The van der Waals surface area contributed by atoms with Gasteiger partial charge in [-0.2, -0.15) is 0 Å². The summed E-state index contributed by atoms with van der Waals surface area (Å²) in [5, 5.41) is 0. The van der Waals surface area contributed by atoms with Crippen LogP contribution in [0.15, 0.2) is 37.5 Å². The number of carbonyl (C=O) groups is 1. The van der Waals surface area contributed by atoms with Crippen LogP contribution >= 0.6 is 0 Å². The molecule has 0 bridgehead atoms. The minimum atomic E-state index is 0.0262. The van der Waals surface area contributed by atoms with Gasteiger partial charge in [0, 0.05) is 13.1 Å². The van der Waals surface area contributed by atoms with E-state index < -0.39 is 0 Å². The van der Waals surface area contributed by atoms with Crippen molar-refractivity contribution < 1.29 is 4.79 Å². The molecule has 0 aliphatic carbocycles. The Labute approximate surface area is 86.6 Å². The first kappa shape index (κ1) is 12.7. The first-order chi connectivity index (χ1) is 6.76. The van der Waals surface area contributed by atoms with Gasteiger partial charge in [-0.1, -0.05) is 31.6 Å². The molecule has 1 amide bonds. The topological polar surface area (TPSA) is 20.3 Å². The molecule has 0 radical (unpaired) electrons. The third-order valence-electron chi connectivity index (χ3n) is 1.73. The second-order valence-electron chi connectivity index (χ2n) is 3.01. The van der Waals surface area contributed by atoms with Crippen LogP contribution in [-0.4, -0.2) is 23.9 Å². The third-order valence-corrected chi connectivity index (χ3v) is 1.73. The van der Waals surface area contributed by atoms with E-state index in [0.717, 1.165) is 12.8 Å². The van der Waals surface area contributed by atoms with Crippen LogP contribution in [0.25, 0.3) is 0 Å². The molecule has 78 valence electrons. The van der Waals surface area contributed by atoms with Crippen molar-refractivity contribution in [1.82, 2.24) is 4.90 Å². The van der Waals surface area contributed by atoms with Crippen LogP contribution in [0.5, 0.6) is 0 Å². The van der Waals surface area contributed by atoms with E-state index in [1.807, 2.05) is 6.08 Å². The van der Waals surface area contributed by atoms with E-state index in [1.165, 1.54) is 0 Å². The Bertz CT molecular complexity index is 208. The predicted molar refractivity (Wildman–Crippen MR) is 61.0 cm³/mol. The van der Waals surface area contributed by atoms with Crippen LogP contribution in [0.2, 0.25) is 0 Å². The molecule has 0 aromatic rings. The lowest BCUT2D eigenvalue weighted by atomic mass is 10.3. The highest BCUT2D eigenvalue weighted by atomic mass is 16.2. The van der Waals surface area contributed by atoms with Crippen molar-refractivity contribution in [3.8, 4) is 0 Å². The lowest BCUT2D eigenvalue weighted by Gasteiger charge is -2.16. The van der Waals surface area contributed by atoms with Gasteiger partial charge in [0.15, 0.2) is 0 Å². The van der Waals surface area contributed by atoms with Crippen molar-refractivity contribution in [2.75, 3.05) is 13.1 Å². The zero-order valence-electron chi connectivity index (χ0n) is 8.91. The normalized spacial score (nSPS) is 10.1. The summed E-state index contributed by atoms with van der Waals surface area (Å²) in [6.07, 6.45) is 8.97. The van der Waals surface area contributed by atoms with E-state index in [9.17, 15) is 4.79 Å². The maximum absolute atomic E-state index is 11.5. The molecule has 0 N–H and O–H groups in total. The lowest BCUT2D eigenvalue weighted by Crippen LogP contribution is -2.29. The number of unbranched alkanes of at least 4 members (excludes halogenated alkanes) is 1. The first-order valence-electron chi connectivity index (χ1n) is 4.93. The lowest BCUT2D eigenvalue weighted by molar-refractivity contribution is -0.125. The van der Waals surface area contributed by atoms with Crippen LogP contribution in [0, 0.1) is 0 Å². The van der Waals surface area contributed by atoms with Gasteiger partial charge in [-0.25, -0.2) is 0 Å². The number of amides is 1. The minimum absolute atomic E-state index is 0.0262. The number of hydrogen-bond acceptors (Lipinski definition) is 1. The zero-order valence-corrected chi connectivity index (χ0v) is 8.91. The monoisotopic (exact) mass is 193 g/mol. The van der Waals surface area contributed by atoms with Crippen LogP contribution < -0.4 is 0 Å². The highest BCUT2D eigenvalue weighted by Gasteiger charge is 2.05. The number of carbonyl (C=O) groups excluding carboxylic acids is 1. The van der Waals surface area contributed by atoms with Crippen molar-refractivity contribution in [1.29, 1.82) is 0 Å². The van der Waals surface area contributed by atoms with E-state index in [2.05, 4.69) is 20.1 Å². The van der Waals surface area contributed by atoms with Gasteiger partial charge in [0.2, 0.25) is 5.91 Å². The van der Waals surface area contributed by atoms with Crippen LogP contribution in [0.4, 0.5) is 0 Å². The van der Waals surface area contributed by atoms with Crippen LogP contribution in [-0.2, 0) is 4.79 Å². The van der Waals surface area contributed by atoms with Gasteiger partial charge in [0.25, 0.3) is 0 Å². The minimum Gasteiger partial charge on any atom is -0.332 e. The summed E-state index contributed by atoms with van der Waals surface area (Å²) in [6.45, 7) is 10.4. The summed E-state index contributed by atoms with van der Waals surface area (Å²) < 4.78 is 0. The highest BCUT2D eigenvalue weighted by molar-refractivity contribution is 5.87. The Hall–Kier alpha value is -1.31. The molecule has 14 heavy (non-hydrogen) atoms. The second kappa shape index (κ2) is 8.30. The molecule has 0 fully saturated rings. The largest absolute Gasteiger partial charge is 0.332 e. The van der Waals surface area contributed by atoms with E-state index in [1.54, 1.807) is 23.1 Å². The van der Waals surface area contributed by atoms with Gasteiger partial charge in [0.05, 0.1) is 0 Å². The van der Waals surface area contributed by atoms with Crippen molar-refractivity contribution >= 4 is 5.91 Å². The molecule has 0 unspecified atom stereocenters.